The Morgan fingerprint density at radius 3 is 2.75 bits per heavy atom. The summed E-state index contributed by atoms with van der Waals surface area (Å²) in [5.74, 6) is 2.08. The molecule has 0 radical (unpaired) electrons. The van der Waals surface area contributed by atoms with Gasteiger partial charge in [-0.1, -0.05) is 32.0 Å². The number of aromatic amines is 1. The van der Waals surface area contributed by atoms with Gasteiger partial charge >= 0.3 is 0 Å². The van der Waals surface area contributed by atoms with Gasteiger partial charge in [-0.2, -0.15) is 0 Å². The van der Waals surface area contributed by atoms with Gasteiger partial charge in [-0.15, -0.1) is 11.3 Å². The number of thiophene rings is 1. The first-order chi connectivity index (χ1) is 13.5. The second kappa shape index (κ2) is 7.59. The van der Waals surface area contributed by atoms with Gasteiger partial charge in [0.2, 0.25) is 11.8 Å². The van der Waals surface area contributed by atoms with E-state index < -0.39 is 0 Å². The van der Waals surface area contributed by atoms with Gasteiger partial charge < -0.3 is 14.7 Å². The molecule has 0 bridgehead atoms. The Balaban J connectivity index is 1.51. The monoisotopic (exact) mass is 394 g/mol. The fourth-order valence-electron chi connectivity index (χ4n) is 3.14. The number of hydrogen-bond donors (Lipinski definition) is 2. The lowest BCUT2D eigenvalue weighted by molar-refractivity contribution is -0.121. The predicted molar refractivity (Wildman–Crippen MR) is 110 cm³/mol. The lowest BCUT2D eigenvalue weighted by Gasteiger charge is -2.20. The van der Waals surface area contributed by atoms with E-state index in [0.717, 1.165) is 21.7 Å². The van der Waals surface area contributed by atoms with Crippen LogP contribution in [-0.4, -0.2) is 20.9 Å². The van der Waals surface area contributed by atoms with E-state index in [1.165, 1.54) is 0 Å². The third-order valence-electron chi connectivity index (χ3n) is 4.64. The van der Waals surface area contributed by atoms with Crippen molar-refractivity contribution in [3.8, 4) is 10.8 Å². The maximum Gasteiger partial charge on any atom is 0.236 e. The molecule has 3 heterocycles. The van der Waals surface area contributed by atoms with Crippen LogP contribution in [-0.2, 0) is 11.2 Å². The van der Waals surface area contributed by atoms with Gasteiger partial charge in [0.25, 0.3) is 0 Å². The fraction of sp³-hybridized carbons (Fsp3) is 0.286. The van der Waals surface area contributed by atoms with Crippen LogP contribution in [0.5, 0.6) is 0 Å². The Morgan fingerprint density at radius 1 is 1.21 bits per heavy atom. The number of fused-ring (bicyclic) bond motifs is 1. The summed E-state index contributed by atoms with van der Waals surface area (Å²) in [6.45, 7) is 5.97. The molecule has 3 aromatic heterocycles. The summed E-state index contributed by atoms with van der Waals surface area (Å²) >= 11 is 1.56. The number of amides is 1. The van der Waals surface area contributed by atoms with Crippen LogP contribution in [0.4, 0.5) is 0 Å². The van der Waals surface area contributed by atoms with Gasteiger partial charge in [0, 0.05) is 0 Å². The van der Waals surface area contributed by atoms with E-state index in [1.54, 1.807) is 11.3 Å². The molecule has 1 aromatic carbocycles. The summed E-state index contributed by atoms with van der Waals surface area (Å²) in [5, 5.41) is 5.08. The predicted octanol–water partition coefficient (Wildman–Crippen LogP) is 4.64. The van der Waals surface area contributed by atoms with Crippen LogP contribution >= 0.6 is 11.3 Å². The van der Waals surface area contributed by atoms with E-state index in [4.69, 9.17) is 4.42 Å². The van der Waals surface area contributed by atoms with Gasteiger partial charge in [0.05, 0.1) is 34.1 Å². The number of H-pyrrole nitrogens is 1. The highest BCUT2D eigenvalue weighted by Crippen LogP contribution is 2.26. The molecule has 1 atom stereocenters. The number of nitrogens with zero attached hydrogens (tertiary/aromatic N) is 2. The van der Waals surface area contributed by atoms with Crippen molar-refractivity contribution >= 4 is 28.3 Å². The normalized spacial score (nSPS) is 12.6. The number of para-hydroxylation sites is 2. The number of carbonyl (C=O) groups is 1. The first kappa shape index (κ1) is 18.4. The molecule has 0 fully saturated rings. The minimum absolute atomic E-state index is 0.103. The molecule has 4 aromatic rings. The number of hydrogen-bond acceptors (Lipinski definition) is 5. The zero-order valence-corrected chi connectivity index (χ0v) is 16.8. The highest BCUT2D eigenvalue weighted by molar-refractivity contribution is 7.13. The standard InChI is InChI=1S/C21H22N4O2S/c1-12(2)19(20-22-14-7-4-5-8-15(14)23-20)25-18(26)11-16-13(3)27-21(24-16)17-9-6-10-28-17/h4-10,12,19H,11H2,1-3H3,(H,22,23)(H,25,26). The summed E-state index contributed by atoms with van der Waals surface area (Å²) in [5.41, 5.74) is 2.52. The third kappa shape index (κ3) is 3.71. The molecular weight excluding hydrogens is 372 g/mol. The second-order valence-electron chi connectivity index (χ2n) is 7.10. The smallest absolute Gasteiger partial charge is 0.236 e. The molecule has 4 rings (SSSR count). The largest absolute Gasteiger partial charge is 0.440 e. The number of benzene rings is 1. The van der Waals surface area contributed by atoms with Crippen molar-refractivity contribution < 1.29 is 9.21 Å². The van der Waals surface area contributed by atoms with E-state index >= 15 is 0 Å². The van der Waals surface area contributed by atoms with Gasteiger partial charge in [-0.05, 0) is 36.4 Å². The molecule has 1 unspecified atom stereocenters. The molecule has 0 aliphatic rings. The Morgan fingerprint density at radius 2 is 2.04 bits per heavy atom. The SMILES string of the molecule is Cc1oc(-c2cccs2)nc1CC(=O)NC(c1nc2ccccc2[nH]1)C(C)C. The van der Waals surface area contributed by atoms with E-state index in [9.17, 15) is 4.79 Å². The first-order valence-electron chi connectivity index (χ1n) is 9.25. The van der Waals surface area contributed by atoms with Crippen molar-refractivity contribution in [2.75, 3.05) is 0 Å². The number of carbonyl (C=O) groups excluding carboxylic acids is 1. The van der Waals surface area contributed by atoms with Gasteiger partial charge in [0.1, 0.15) is 11.6 Å². The van der Waals surface area contributed by atoms with Gasteiger partial charge in [0.15, 0.2) is 0 Å². The van der Waals surface area contributed by atoms with Crippen LogP contribution in [0, 0.1) is 12.8 Å². The molecule has 0 aliphatic carbocycles. The minimum Gasteiger partial charge on any atom is -0.440 e. The summed E-state index contributed by atoms with van der Waals surface area (Å²) < 4.78 is 5.74. The molecule has 28 heavy (non-hydrogen) atoms. The minimum atomic E-state index is -0.205. The van der Waals surface area contributed by atoms with Crippen molar-refractivity contribution in [2.24, 2.45) is 5.92 Å². The Hall–Kier alpha value is -2.93. The summed E-state index contributed by atoms with van der Waals surface area (Å²) in [4.78, 5) is 26.2. The quantitative estimate of drug-likeness (QED) is 0.499. The molecule has 6 nitrogen and oxygen atoms in total. The van der Waals surface area contributed by atoms with Crippen LogP contribution in [0.25, 0.3) is 21.8 Å². The average molecular weight is 395 g/mol. The van der Waals surface area contributed by atoms with Crippen molar-refractivity contribution in [3.05, 3.63) is 59.1 Å². The van der Waals surface area contributed by atoms with Gasteiger partial charge in [-0.3, -0.25) is 4.79 Å². The highest BCUT2D eigenvalue weighted by atomic mass is 32.1. The van der Waals surface area contributed by atoms with E-state index in [1.807, 2.05) is 48.7 Å². The van der Waals surface area contributed by atoms with Crippen LogP contribution in [0.2, 0.25) is 0 Å². The fourth-order valence-corrected chi connectivity index (χ4v) is 3.79. The van der Waals surface area contributed by atoms with Crippen LogP contribution in [0.1, 0.15) is 37.2 Å². The second-order valence-corrected chi connectivity index (χ2v) is 8.05. The van der Waals surface area contributed by atoms with E-state index in [-0.39, 0.29) is 24.3 Å². The molecule has 0 aliphatic heterocycles. The topological polar surface area (TPSA) is 83.8 Å². The van der Waals surface area contributed by atoms with Crippen molar-refractivity contribution in [1.82, 2.24) is 20.3 Å². The number of aromatic nitrogens is 3. The average Bonchev–Trinajstić information content (AvgIpc) is 3.39. The molecule has 144 valence electrons. The molecule has 2 N–H and O–H groups in total. The number of aryl methyl sites for hydroxylation is 1. The zero-order chi connectivity index (χ0) is 19.7. The maximum atomic E-state index is 12.7. The Kier molecular flexibility index (Phi) is 5.00. The van der Waals surface area contributed by atoms with Crippen molar-refractivity contribution in [3.63, 3.8) is 0 Å². The lowest BCUT2D eigenvalue weighted by Crippen LogP contribution is -2.33. The van der Waals surface area contributed by atoms with Crippen molar-refractivity contribution in [1.29, 1.82) is 0 Å². The molecule has 0 spiro atoms. The summed E-state index contributed by atoms with van der Waals surface area (Å²) in [6, 6.07) is 11.6. The molecule has 0 saturated heterocycles. The Labute approximate surface area is 167 Å². The lowest BCUT2D eigenvalue weighted by atomic mass is 10.0. The maximum absolute atomic E-state index is 12.7. The van der Waals surface area contributed by atoms with Gasteiger partial charge in [-0.25, -0.2) is 9.97 Å². The molecule has 7 heteroatoms. The van der Waals surface area contributed by atoms with E-state index in [2.05, 4.69) is 34.1 Å². The van der Waals surface area contributed by atoms with E-state index in [0.29, 0.717) is 17.3 Å². The number of rotatable bonds is 6. The van der Waals surface area contributed by atoms with Crippen molar-refractivity contribution in [2.45, 2.75) is 33.2 Å². The van der Waals surface area contributed by atoms with Crippen LogP contribution < -0.4 is 5.32 Å². The zero-order valence-electron chi connectivity index (χ0n) is 16.0. The molecule has 1 amide bonds. The molecular formula is C21H22N4O2S. The first-order valence-corrected chi connectivity index (χ1v) is 10.1. The number of imidazole rings is 1. The summed E-state index contributed by atoms with van der Waals surface area (Å²) in [6.07, 6.45) is 0.171. The summed E-state index contributed by atoms with van der Waals surface area (Å²) in [7, 11) is 0. The third-order valence-corrected chi connectivity index (χ3v) is 5.50. The van der Waals surface area contributed by atoms with Crippen LogP contribution in [0.15, 0.2) is 46.2 Å². The number of oxazole rings is 1. The number of nitrogens with one attached hydrogen (secondary N) is 2. The molecule has 0 saturated carbocycles. The highest BCUT2D eigenvalue weighted by Gasteiger charge is 2.23. The van der Waals surface area contributed by atoms with Crippen LogP contribution in [0.3, 0.4) is 0 Å². The Bertz CT molecular complexity index is 1060.